The van der Waals surface area contributed by atoms with E-state index >= 15 is 0 Å². The van der Waals surface area contributed by atoms with Crippen LogP contribution in [0.2, 0.25) is 0 Å². The van der Waals surface area contributed by atoms with Crippen LogP contribution < -0.4 is 9.39 Å². The number of methoxy groups -OCH3 is 1. The first-order valence-corrected chi connectivity index (χ1v) is 3.24. The van der Waals surface area contributed by atoms with Crippen LogP contribution >= 0.6 is 0 Å². The van der Waals surface area contributed by atoms with Crippen LogP contribution in [-0.4, -0.2) is 19.8 Å². The number of hydrogen-bond acceptors (Lipinski definition) is 3. The monoisotopic (exact) mass is 169 g/mol. The van der Waals surface area contributed by atoms with E-state index in [0.717, 1.165) is 0 Å². The van der Waals surface area contributed by atoms with Gasteiger partial charge in [0.05, 0.1) is 7.11 Å². The molecule has 63 valence electrons. The standard InChI is InChI=1S/C7H7BFO3/c1-11-5-3-2-4-6(7(5)9)12-8-10/h2-4,10H,1H3. The van der Waals surface area contributed by atoms with E-state index in [0.29, 0.717) is 7.69 Å². The Bertz CT molecular complexity index is 267. The van der Waals surface area contributed by atoms with Gasteiger partial charge in [-0.3, -0.25) is 0 Å². The molecule has 0 saturated heterocycles. The van der Waals surface area contributed by atoms with Crippen molar-refractivity contribution in [2.24, 2.45) is 0 Å². The second-order valence-corrected chi connectivity index (χ2v) is 2.00. The molecular formula is C7H7BFO3. The van der Waals surface area contributed by atoms with Gasteiger partial charge in [-0.2, -0.15) is 4.39 Å². The largest absolute Gasteiger partial charge is 0.569 e. The van der Waals surface area contributed by atoms with Gasteiger partial charge in [-0.25, -0.2) is 0 Å². The minimum Gasteiger partial charge on any atom is -0.535 e. The third-order valence-electron chi connectivity index (χ3n) is 1.33. The van der Waals surface area contributed by atoms with E-state index in [-0.39, 0.29) is 11.5 Å². The quantitative estimate of drug-likeness (QED) is 0.678. The first kappa shape index (κ1) is 8.87. The summed E-state index contributed by atoms with van der Waals surface area (Å²) >= 11 is 0. The molecular weight excluding hydrogens is 162 g/mol. The van der Waals surface area contributed by atoms with Gasteiger partial charge in [-0.05, 0) is 12.1 Å². The van der Waals surface area contributed by atoms with Gasteiger partial charge in [0.25, 0.3) is 0 Å². The molecule has 0 spiro atoms. The predicted molar refractivity (Wildman–Crippen MR) is 41.6 cm³/mol. The first-order valence-electron chi connectivity index (χ1n) is 3.24. The average Bonchev–Trinajstić information content (AvgIpc) is 2.09. The van der Waals surface area contributed by atoms with Crippen molar-refractivity contribution in [2.45, 2.75) is 0 Å². The Morgan fingerprint density at radius 1 is 1.42 bits per heavy atom. The maximum atomic E-state index is 13.1. The summed E-state index contributed by atoms with van der Waals surface area (Å²) in [6.07, 6.45) is 0. The van der Waals surface area contributed by atoms with E-state index in [1.165, 1.54) is 19.2 Å². The topological polar surface area (TPSA) is 38.7 Å². The van der Waals surface area contributed by atoms with E-state index in [1.807, 2.05) is 0 Å². The van der Waals surface area contributed by atoms with Crippen LogP contribution in [-0.2, 0) is 0 Å². The lowest BCUT2D eigenvalue weighted by molar-refractivity contribution is 0.370. The number of benzene rings is 1. The molecule has 0 heterocycles. The zero-order chi connectivity index (χ0) is 8.97. The zero-order valence-corrected chi connectivity index (χ0v) is 6.45. The third kappa shape index (κ3) is 1.68. The highest BCUT2D eigenvalue weighted by Crippen LogP contribution is 2.25. The highest BCUT2D eigenvalue weighted by molar-refractivity contribution is 6.17. The molecule has 0 aliphatic heterocycles. The summed E-state index contributed by atoms with van der Waals surface area (Å²) in [6, 6.07) is 4.39. The number of ether oxygens (including phenoxy) is 1. The minimum absolute atomic E-state index is 0.0724. The van der Waals surface area contributed by atoms with Crippen molar-refractivity contribution in [3.05, 3.63) is 24.0 Å². The molecule has 12 heavy (non-hydrogen) atoms. The second kappa shape index (κ2) is 3.97. The van der Waals surface area contributed by atoms with E-state index < -0.39 is 5.82 Å². The second-order valence-electron chi connectivity index (χ2n) is 2.00. The smallest absolute Gasteiger partial charge is 0.535 e. The molecule has 0 aliphatic rings. The van der Waals surface area contributed by atoms with Gasteiger partial charge in [-0.15, -0.1) is 0 Å². The molecule has 0 amide bonds. The van der Waals surface area contributed by atoms with Crippen molar-refractivity contribution in [1.29, 1.82) is 0 Å². The van der Waals surface area contributed by atoms with E-state index in [4.69, 9.17) is 5.02 Å². The fourth-order valence-electron chi connectivity index (χ4n) is 0.796. The summed E-state index contributed by atoms with van der Waals surface area (Å²) in [5, 5.41) is 8.25. The Morgan fingerprint density at radius 3 is 2.67 bits per heavy atom. The maximum absolute atomic E-state index is 13.1. The number of rotatable bonds is 3. The Labute approximate surface area is 70.0 Å². The molecule has 0 unspecified atom stereocenters. The summed E-state index contributed by atoms with van der Waals surface area (Å²) in [4.78, 5) is 0. The predicted octanol–water partition coefficient (Wildman–Crippen LogP) is 0.740. The highest BCUT2D eigenvalue weighted by atomic mass is 19.1. The lowest BCUT2D eigenvalue weighted by Gasteiger charge is -2.06. The van der Waals surface area contributed by atoms with Gasteiger partial charge in [0.1, 0.15) is 5.75 Å². The van der Waals surface area contributed by atoms with Crippen LogP contribution in [0, 0.1) is 5.82 Å². The highest BCUT2D eigenvalue weighted by Gasteiger charge is 2.08. The number of hydrogen-bond donors (Lipinski definition) is 1. The van der Waals surface area contributed by atoms with Gasteiger partial charge in [0, 0.05) is 0 Å². The molecule has 1 N–H and O–H groups in total. The summed E-state index contributed by atoms with van der Waals surface area (Å²) in [6.45, 7) is 0. The molecule has 1 aromatic carbocycles. The fourth-order valence-corrected chi connectivity index (χ4v) is 0.796. The summed E-state index contributed by atoms with van der Waals surface area (Å²) in [7, 11) is 1.77. The van der Waals surface area contributed by atoms with Gasteiger partial charge in [0.2, 0.25) is 5.82 Å². The molecule has 1 aromatic rings. The van der Waals surface area contributed by atoms with Crippen LogP contribution in [0.25, 0.3) is 0 Å². The normalized spacial score (nSPS) is 9.25. The fraction of sp³-hybridized carbons (Fsp3) is 0.143. The van der Waals surface area contributed by atoms with Crippen LogP contribution in [0.4, 0.5) is 4.39 Å². The molecule has 0 saturated carbocycles. The molecule has 0 fully saturated rings. The van der Waals surface area contributed by atoms with Crippen molar-refractivity contribution in [2.75, 3.05) is 7.11 Å². The Balaban J connectivity index is 2.97. The van der Waals surface area contributed by atoms with Crippen molar-refractivity contribution >= 4 is 7.69 Å². The van der Waals surface area contributed by atoms with Crippen molar-refractivity contribution < 1.29 is 18.8 Å². The van der Waals surface area contributed by atoms with Crippen LogP contribution in [0.15, 0.2) is 18.2 Å². The van der Waals surface area contributed by atoms with Crippen molar-refractivity contribution in [3.8, 4) is 11.5 Å². The molecule has 0 aromatic heterocycles. The molecule has 5 heteroatoms. The maximum Gasteiger partial charge on any atom is 0.569 e. The molecule has 1 radical (unpaired) electrons. The summed E-state index contributed by atoms with van der Waals surface area (Å²) in [5.74, 6) is -0.628. The van der Waals surface area contributed by atoms with E-state index in [9.17, 15) is 4.39 Å². The Morgan fingerprint density at radius 2 is 2.08 bits per heavy atom. The number of halogens is 1. The first-order chi connectivity index (χ1) is 5.79. The van der Waals surface area contributed by atoms with Crippen LogP contribution in [0.3, 0.4) is 0 Å². The molecule has 0 bridgehead atoms. The van der Waals surface area contributed by atoms with Crippen LogP contribution in [0.5, 0.6) is 11.5 Å². The van der Waals surface area contributed by atoms with Gasteiger partial charge < -0.3 is 14.4 Å². The molecule has 3 nitrogen and oxygen atoms in total. The molecule has 0 atom stereocenters. The Kier molecular flexibility index (Phi) is 2.93. The molecule has 0 aliphatic carbocycles. The van der Waals surface area contributed by atoms with Gasteiger partial charge in [-0.1, -0.05) is 6.07 Å². The summed E-state index contributed by atoms with van der Waals surface area (Å²) in [5.41, 5.74) is 0. The minimum atomic E-state index is -0.634. The van der Waals surface area contributed by atoms with Gasteiger partial charge >= 0.3 is 7.69 Å². The lowest BCUT2D eigenvalue weighted by atomic mass is 10.3. The zero-order valence-electron chi connectivity index (χ0n) is 6.45. The molecule has 1 rings (SSSR count). The van der Waals surface area contributed by atoms with E-state index in [2.05, 4.69) is 9.39 Å². The van der Waals surface area contributed by atoms with Crippen molar-refractivity contribution in [1.82, 2.24) is 0 Å². The Hall–Kier alpha value is -1.23. The SMILES string of the molecule is COc1cccc(O[B]O)c1F. The third-order valence-corrected chi connectivity index (χ3v) is 1.33. The van der Waals surface area contributed by atoms with Gasteiger partial charge in [0.15, 0.2) is 5.75 Å². The van der Waals surface area contributed by atoms with Crippen LogP contribution in [0.1, 0.15) is 0 Å². The summed E-state index contributed by atoms with van der Waals surface area (Å²) < 4.78 is 22.2. The average molecular weight is 169 g/mol. The van der Waals surface area contributed by atoms with E-state index in [1.54, 1.807) is 6.07 Å². The van der Waals surface area contributed by atoms with Crippen molar-refractivity contribution in [3.63, 3.8) is 0 Å². The lowest BCUT2D eigenvalue weighted by Crippen LogP contribution is -2.02.